The van der Waals surface area contributed by atoms with Gasteiger partial charge in [0.1, 0.15) is 0 Å². The van der Waals surface area contributed by atoms with E-state index in [0.29, 0.717) is 0 Å². The van der Waals surface area contributed by atoms with E-state index in [1.54, 1.807) is 11.3 Å². The molecule has 1 aliphatic rings. The number of hydrogen-bond donors (Lipinski definition) is 2. The zero-order valence-electron chi connectivity index (χ0n) is 14.3. The van der Waals surface area contributed by atoms with E-state index in [9.17, 15) is 0 Å². The summed E-state index contributed by atoms with van der Waals surface area (Å²) in [6.07, 6.45) is 5.02. The number of hydrogen-bond acceptors (Lipinski definition) is 4. The third-order valence-electron chi connectivity index (χ3n) is 3.82. The maximum atomic E-state index is 4.68. The first-order valence-corrected chi connectivity index (χ1v) is 9.31. The van der Waals surface area contributed by atoms with E-state index in [1.165, 1.54) is 38.0 Å². The Bertz CT molecular complexity index is 457. The Hall–Kier alpha value is -0.410. The van der Waals surface area contributed by atoms with Crippen LogP contribution in [0.25, 0.3) is 0 Å². The van der Waals surface area contributed by atoms with E-state index < -0.39 is 0 Å². The molecule has 5 nitrogen and oxygen atoms in total. The van der Waals surface area contributed by atoms with Crippen LogP contribution >= 0.6 is 35.3 Å². The third kappa shape index (κ3) is 8.30. The van der Waals surface area contributed by atoms with Gasteiger partial charge < -0.3 is 15.5 Å². The number of aliphatic imine (C=N–C) groups is 1. The Morgan fingerprint density at radius 2 is 2.09 bits per heavy atom. The van der Waals surface area contributed by atoms with Crippen LogP contribution in [0.3, 0.4) is 0 Å². The topological polar surface area (TPSA) is 52.6 Å². The highest BCUT2D eigenvalue weighted by atomic mass is 127. The molecule has 0 amide bonds. The second-order valence-corrected chi connectivity index (χ2v) is 6.76. The summed E-state index contributed by atoms with van der Waals surface area (Å²) in [5.74, 6) is 0.923. The summed E-state index contributed by atoms with van der Waals surface area (Å²) in [6.45, 7) is 10.3. The molecule has 132 valence electrons. The van der Waals surface area contributed by atoms with Crippen molar-refractivity contribution >= 4 is 41.3 Å². The average Bonchev–Trinajstić information content (AvgIpc) is 2.94. The van der Waals surface area contributed by atoms with Gasteiger partial charge in [-0.1, -0.05) is 6.42 Å². The lowest BCUT2D eigenvalue weighted by Crippen LogP contribution is -2.39. The normalized spacial score (nSPS) is 16.0. The SMILES string of the molecule is CCNC(=NCCN1CCCCC1)NCCc1csc(C)n1.I. The maximum absolute atomic E-state index is 4.68. The molecular formula is C16H30IN5S. The molecule has 0 saturated carbocycles. The molecule has 23 heavy (non-hydrogen) atoms. The Labute approximate surface area is 161 Å². The van der Waals surface area contributed by atoms with Crippen molar-refractivity contribution in [3.05, 3.63) is 16.1 Å². The molecule has 1 aromatic heterocycles. The molecule has 7 heteroatoms. The number of piperidine rings is 1. The van der Waals surface area contributed by atoms with Gasteiger partial charge in [-0.05, 0) is 39.8 Å². The number of aryl methyl sites for hydroxylation is 1. The van der Waals surface area contributed by atoms with Crippen molar-refractivity contribution in [3.8, 4) is 0 Å². The fourth-order valence-corrected chi connectivity index (χ4v) is 3.31. The first-order chi connectivity index (χ1) is 10.8. The van der Waals surface area contributed by atoms with Crippen LogP contribution in [0.15, 0.2) is 10.4 Å². The van der Waals surface area contributed by atoms with E-state index in [2.05, 4.69) is 37.8 Å². The zero-order valence-corrected chi connectivity index (χ0v) is 17.5. The second-order valence-electron chi connectivity index (χ2n) is 5.70. The van der Waals surface area contributed by atoms with E-state index in [1.807, 2.05) is 6.92 Å². The van der Waals surface area contributed by atoms with Gasteiger partial charge in [-0.2, -0.15) is 0 Å². The van der Waals surface area contributed by atoms with Crippen molar-refractivity contribution in [1.82, 2.24) is 20.5 Å². The molecule has 0 aromatic carbocycles. The van der Waals surface area contributed by atoms with E-state index >= 15 is 0 Å². The number of aromatic nitrogens is 1. The van der Waals surface area contributed by atoms with Gasteiger partial charge in [0.25, 0.3) is 0 Å². The Morgan fingerprint density at radius 1 is 1.30 bits per heavy atom. The number of guanidine groups is 1. The molecular weight excluding hydrogens is 421 g/mol. The van der Waals surface area contributed by atoms with Crippen molar-refractivity contribution in [2.75, 3.05) is 39.3 Å². The Morgan fingerprint density at radius 3 is 2.74 bits per heavy atom. The van der Waals surface area contributed by atoms with Crippen LogP contribution in [0.1, 0.15) is 36.9 Å². The molecule has 2 rings (SSSR count). The van der Waals surface area contributed by atoms with Gasteiger partial charge >= 0.3 is 0 Å². The predicted molar refractivity (Wildman–Crippen MR) is 110 cm³/mol. The van der Waals surface area contributed by atoms with Crippen LogP contribution in [0, 0.1) is 6.92 Å². The number of thiazole rings is 1. The van der Waals surface area contributed by atoms with Crippen molar-refractivity contribution < 1.29 is 0 Å². The second kappa shape index (κ2) is 12.0. The molecule has 2 N–H and O–H groups in total. The molecule has 0 bridgehead atoms. The number of nitrogens with one attached hydrogen (secondary N) is 2. The quantitative estimate of drug-likeness (QED) is 0.380. The predicted octanol–water partition coefficient (Wildman–Crippen LogP) is 2.65. The molecule has 1 aromatic rings. The van der Waals surface area contributed by atoms with Gasteiger partial charge in [0, 0.05) is 31.4 Å². The van der Waals surface area contributed by atoms with Crippen molar-refractivity contribution in [1.29, 1.82) is 0 Å². The first-order valence-electron chi connectivity index (χ1n) is 8.43. The molecule has 1 fully saturated rings. The molecule has 2 heterocycles. The van der Waals surface area contributed by atoms with Crippen molar-refractivity contribution in [2.45, 2.75) is 39.5 Å². The zero-order chi connectivity index (χ0) is 15.6. The number of halogens is 1. The summed E-state index contributed by atoms with van der Waals surface area (Å²) in [5.41, 5.74) is 1.17. The highest BCUT2D eigenvalue weighted by Crippen LogP contribution is 2.08. The molecule has 1 aliphatic heterocycles. The monoisotopic (exact) mass is 451 g/mol. The van der Waals surface area contributed by atoms with Crippen LogP contribution in [-0.2, 0) is 6.42 Å². The number of rotatable bonds is 7. The Kier molecular flexibility index (Phi) is 10.8. The van der Waals surface area contributed by atoms with E-state index in [0.717, 1.165) is 43.6 Å². The largest absolute Gasteiger partial charge is 0.357 e. The lowest BCUT2D eigenvalue weighted by atomic mass is 10.1. The van der Waals surface area contributed by atoms with Crippen LogP contribution in [0.5, 0.6) is 0 Å². The highest BCUT2D eigenvalue weighted by Gasteiger charge is 2.09. The minimum absolute atomic E-state index is 0. The fraction of sp³-hybridized carbons (Fsp3) is 0.750. The average molecular weight is 451 g/mol. The minimum Gasteiger partial charge on any atom is -0.357 e. The van der Waals surface area contributed by atoms with Crippen LogP contribution in [-0.4, -0.2) is 55.1 Å². The van der Waals surface area contributed by atoms with Gasteiger partial charge in [0.05, 0.1) is 17.2 Å². The minimum atomic E-state index is 0. The lowest BCUT2D eigenvalue weighted by molar-refractivity contribution is 0.235. The van der Waals surface area contributed by atoms with E-state index in [4.69, 9.17) is 0 Å². The van der Waals surface area contributed by atoms with Crippen LogP contribution in [0.4, 0.5) is 0 Å². The maximum Gasteiger partial charge on any atom is 0.191 e. The molecule has 0 spiro atoms. The van der Waals surface area contributed by atoms with Gasteiger partial charge in [0.15, 0.2) is 5.96 Å². The fourth-order valence-electron chi connectivity index (χ4n) is 2.66. The van der Waals surface area contributed by atoms with Crippen LogP contribution < -0.4 is 10.6 Å². The number of nitrogens with zero attached hydrogens (tertiary/aromatic N) is 3. The summed E-state index contributed by atoms with van der Waals surface area (Å²) in [5, 5.41) is 9.99. The van der Waals surface area contributed by atoms with Gasteiger partial charge in [-0.3, -0.25) is 4.99 Å². The lowest BCUT2D eigenvalue weighted by Gasteiger charge is -2.25. The van der Waals surface area contributed by atoms with E-state index in [-0.39, 0.29) is 24.0 Å². The summed E-state index contributed by atoms with van der Waals surface area (Å²) in [6, 6.07) is 0. The molecule has 0 atom stereocenters. The summed E-state index contributed by atoms with van der Waals surface area (Å²) < 4.78 is 0. The summed E-state index contributed by atoms with van der Waals surface area (Å²) in [7, 11) is 0. The smallest absolute Gasteiger partial charge is 0.191 e. The van der Waals surface area contributed by atoms with Gasteiger partial charge in [0.2, 0.25) is 0 Å². The van der Waals surface area contributed by atoms with Gasteiger partial charge in [-0.25, -0.2) is 4.98 Å². The highest BCUT2D eigenvalue weighted by molar-refractivity contribution is 14.0. The number of likely N-dealkylation sites (tertiary alicyclic amines) is 1. The summed E-state index contributed by atoms with van der Waals surface area (Å²) >= 11 is 1.71. The molecule has 1 saturated heterocycles. The Balaban J connectivity index is 0.00000264. The van der Waals surface area contributed by atoms with Crippen molar-refractivity contribution in [3.63, 3.8) is 0 Å². The third-order valence-corrected chi connectivity index (χ3v) is 4.64. The molecule has 0 aliphatic carbocycles. The standard InChI is InChI=1S/C16H29N5S.HI/c1-3-17-16(18-8-7-15-13-22-14(2)20-15)19-9-12-21-10-5-4-6-11-21;/h13H,3-12H2,1-2H3,(H2,17,18,19);1H. The molecule has 0 radical (unpaired) electrons. The van der Waals surface area contributed by atoms with Crippen LogP contribution in [0.2, 0.25) is 0 Å². The first kappa shape index (κ1) is 20.6. The summed E-state index contributed by atoms with van der Waals surface area (Å²) in [4.78, 5) is 11.7. The van der Waals surface area contributed by atoms with Gasteiger partial charge in [-0.15, -0.1) is 35.3 Å². The molecule has 0 unspecified atom stereocenters. The van der Waals surface area contributed by atoms with Crippen molar-refractivity contribution in [2.24, 2.45) is 4.99 Å².